The van der Waals surface area contributed by atoms with E-state index < -0.39 is 0 Å². The van der Waals surface area contributed by atoms with E-state index in [0.29, 0.717) is 30.2 Å². The number of ether oxygens (including phenoxy) is 1. The van der Waals surface area contributed by atoms with Crippen molar-refractivity contribution in [3.05, 3.63) is 59.3 Å². The highest BCUT2D eigenvalue weighted by atomic mass is 16.5. The van der Waals surface area contributed by atoms with E-state index >= 15 is 0 Å². The number of methoxy groups -OCH3 is 1. The van der Waals surface area contributed by atoms with E-state index in [0.717, 1.165) is 5.56 Å². The molecule has 2 aromatic rings. The second kappa shape index (κ2) is 7.87. The Balaban J connectivity index is 1.77. The Hall–Kier alpha value is -2.40. The molecule has 0 aliphatic heterocycles. The topological polar surface area (TPSA) is 71.5 Å². The fourth-order valence-electron chi connectivity index (χ4n) is 3.32. The van der Waals surface area contributed by atoms with Gasteiger partial charge in [0.25, 0.3) is 5.91 Å². The van der Waals surface area contributed by atoms with Gasteiger partial charge in [-0.05, 0) is 47.9 Å². The van der Waals surface area contributed by atoms with Gasteiger partial charge in [0, 0.05) is 17.8 Å². The highest BCUT2D eigenvalue weighted by molar-refractivity contribution is 5.94. The van der Waals surface area contributed by atoms with E-state index in [4.69, 9.17) is 4.74 Å². The lowest BCUT2D eigenvalue weighted by Crippen LogP contribution is -2.41. The van der Waals surface area contributed by atoms with E-state index in [-0.39, 0.29) is 24.0 Å². The van der Waals surface area contributed by atoms with Gasteiger partial charge < -0.3 is 15.2 Å². The molecule has 1 saturated carbocycles. The van der Waals surface area contributed by atoms with E-state index in [1.54, 1.807) is 19.4 Å². The van der Waals surface area contributed by atoms with Crippen molar-refractivity contribution in [2.45, 2.75) is 44.8 Å². The minimum atomic E-state index is -0.282. The third kappa shape index (κ3) is 4.05. The number of nitrogens with one attached hydrogen (secondary N) is 1. The molecule has 5 heteroatoms. The van der Waals surface area contributed by atoms with Crippen LogP contribution in [0.3, 0.4) is 0 Å². The quantitative estimate of drug-likeness (QED) is 0.833. The molecular weight excluding hydrogens is 328 g/mol. The standard InChI is InChI=1S/C21H26N2O3/c1-13(2)14-4-6-15(7-5-14)21(25)23-20(17-10-18(24)11-17)16-8-9-19(26-3)22-12-16/h4-9,12-13,17-18,20,24H,10-11H2,1-3H3,(H,23,25). The smallest absolute Gasteiger partial charge is 0.251 e. The van der Waals surface area contributed by atoms with Crippen LogP contribution in [0, 0.1) is 5.92 Å². The van der Waals surface area contributed by atoms with Gasteiger partial charge in [-0.3, -0.25) is 4.79 Å². The number of carbonyl (C=O) groups is 1. The number of aliphatic hydroxyl groups is 1. The van der Waals surface area contributed by atoms with E-state index in [9.17, 15) is 9.90 Å². The number of benzene rings is 1. The van der Waals surface area contributed by atoms with Crippen LogP contribution in [0.5, 0.6) is 5.88 Å². The number of aliphatic hydroxyl groups excluding tert-OH is 1. The summed E-state index contributed by atoms with van der Waals surface area (Å²) in [5.41, 5.74) is 2.77. The lowest BCUT2D eigenvalue weighted by atomic mass is 9.75. The maximum absolute atomic E-state index is 12.7. The molecule has 26 heavy (non-hydrogen) atoms. The monoisotopic (exact) mass is 354 g/mol. The molecule has 1 aliphatic carbocycles. The van der Waals surface area contributed by atoms with Gasteiger partial charge in [-0.2, -0.15) is 0 Å². The van der Waals surface area contributed by atoms with E-state index in [1.165, 1.54) is 5.56 Å². The minimum Gasteiger partial charge on any atom is -0.481 e. The summed E-state index contributed by atoms with van der Waals surface area (Å²) in [5, 5.41) is 12.8. The Bertz CT molecular complexity index is 735. The predicted octanol–water partition coefficient (Wildman–Crippen LogP) is 3.46. The van der Waals surface area contributed by atoms with Gasteiger partial charge in [-0.25, -0.2) is 4.98 Å². The lowest BCUT2D eigenvalue weighted by molar-refractivity contribution is 0.0234. The number of amides is 1. The third-order valence-corrected chi connectivity index (χ3v) is 5.07. The summed E-state index contributed by atoms with van der Waals surface area (Å²) in [6.07, 6.45) is 2.82. The first-order valence-electron chi connectivity index (χ1n) is 9.06. The number of rotatable bonds is 6. The van der Waals surface area contributed by atoms with Crippen LogP contribution in [-0.4, -0.2) is 29.2 Å². The number of hydrogen-bond acceptors (Lipinski definition) is 4. The Kier molecular flexibility index (Phi) is 5.57. The summed E-state index contributed by atoms with van der Waals surface area (Å²) in [6.45, 7) is 4.26. The molecule has 2 N–H and O–H groups in total. The Morgan fingerprint density at radius 1 is 1.15 bits per heavy atom. The van der Waals surface area contributed by atoms with Gasteiger partial charge in [-0.15, -0.1) is 0 Å². The molecule has 0 spiro atoms. The van der Waals surface area contributed by atoms with Crippen molar-refractivity contribution in [3.63, 3.8) is 0 Å². The second-order valence-electron chi connectivity index (χ2n) is 7.25. The lowest BCUT2D eigenvalue weighted by Gasteiger charge is -2.38. The molecule has 1 unspecified atom stereocenters. The molecule has 0 radical (unpaired) electrons. The van der Waals surface area contributed by atoms with Gasteiger partial charge in [0.15, 0.2) is 0 Å². The number of nitrogens with zero attached hydrogens (tertiary/aromatic N) is 1. The molecule has 1 aromatic heterocycles. The van der Waals surface area contributed by atoms with Gasteiger partial charge in [-0.1, -0.05) is 32.0 Å². The molecule has 1 atom stereocenters. The molecule has 3 rings (SSSR count). The van der Waals surface area contributed by atoms with Gasteiger partial charge in [0.05, 0.1) is 19.3 Å². The maximum Gasteiger partial charge on any atom is 0.251 e. The molecule has 1 amide bonds. The Morgan fingerprint density at radius 3 is 2.31 bits per heavy atom. The van der Waals surface area contributed by atoms with Crippen LogP contribution in [0.2, 0.25) is 0 Å². The normalized spacial score (nSPS) is 20.3. The summed E-state index contributed by atoms with van der Waals surface area (Å²) < 4.78 is 5.11. The van der Waals surface area contributed by atoms with Crippen LogP contribution < -0.4 is 10.1 Å². The number of pyridine rings is 1. The zero-order chi connectivity index (χ0) is 18.7. The summed E-state index contributed by atoms with van der Waals surface area (Å²) in [6, 6.07) is 11.3. The number of aromatic nitrogens is 1. The van der Waals surface area contributed by atoms with Crippen molar-refractivity contribution >= 4 is 5.91 Å². The summed E-state index contributed by atoms with van der Waals surface area (Å²) in [7, 11) is 1.57. The van der Waals surface area contributed by atoms with Crippen LogP contribution in [0.15, 0.2) is 42.6 Å². The average Bonchev–Trinajstić information content (AvgIpc) is 2.64. The van der Waals surface area contributed by atoms with Crippen molar-refractivity contribution in [1.82, 2.24) is 10.3 Å². The third-order valence-electron chi connectivity index (χ3n) is 5.07. The largest absolute Gasteiger partial charge is 0.481 e. The van der Waals surface area contributed by atoms with Crippen LogP contribution in [0.4, 0.5) is 0 Å². The molecular formula is C21H26N2O3. The molecule has 138 valence electrons. The van der Waals surface area contributed by atoms with Crippen LogP contribution >= 0.6 is 0 Å². The molecule has 1 fully saturated rings. The predicted molar refractivity (Wildman–Crippen MR) is 100 cm³/mol. The van der Waals surface area contributed by atoms with E-state index in [1.807, 2.05) is 30.3 Å². The van der Waals surface area contributed by atoms with Crippen LogP contribution in [-0.2, 0) is 0 Å². The number of hydrogen-bond donors (Lipinski definition) is 2. The molecule has 0 bridgehead atoms. The Labute approximate surface area is 154 Å². The van der Waals surface area contributed by atoms with Crippen LogP contribution in [0.25, 0.3) is 0 Å². The molecule has 1 aromatic carbocycles. The van der Waals surface area contributed by atoms with Gasteiger partial charge in [0.1, 0.15) is 0 Å². The fraction of sp³-hybridized carbons (Fsp3) is 0.429. The van der Waals surface area contributed by atoms with Crippen molar-refractivity contribution in [1.29, 1.82) is 0 Å². The van der Waals surface area contributed by atoms with Gasteiger partial charge in [0.2, 0.25) is 5.88 Å². The summed E-state index contributed by atoms with van der Waals surface area (Å²) in [4.78, 5) is 17.0. The summed E-state index contributed by atoms with van der Waals surface area (Å²) >= 11 is 0. The number of carbonyl (C=O) groups excluding carboxylic acids is 1. The fourth-order valence-corrected chi connectivity index (χ4v) is 3.32. The minimum absolute atomic E-state index is 0.109. The highest BCUT2D eigenvalue weighted by Gasteiger charge is 2.36. The maximum atomic E-state index is 12.7. The SMILES string of the molecule is COc1ccc(C(NC(=O)c2ccc(C(C)C)cc2)C2CC(O)C2)cn1. The van der Waals surface area contributed by atoms with Crippen molar-refractivity contribution in [2.24, 2.45) is 5.92 Å². The summed E-state index contributed by atoms with van der Waals surface area (Å²) in [5.74, 6) is 1.07. The van der Waals surface area contributed by atoms with E-state index in [2.05, 4.69) is 24.1 Å². The first kappa shape index (κ1) is 18.4. The zero-order valence-electron chi connectivity index (χ0n) is 15.5. The average molecular weight is 354 g/mol. The second-order valence-corrected chi connectivity index (χ2v) is 7.25. The Morgan fingerprint density at radius 2 is 1.81 bits per heavy atom. The first-order chi connectivity index (χ1) is 12.5. The van der Waals surface area contributed by atoms with Crippen molar-refractivity contribution in [2.75, 3.05) is 7.11 Å². The highest BCUT2D eigenvalue weighted by Crippen LogP contribution is 2.38. The van der Waals surface area contributed by atoms with Crippen LogP contribution in [0.1, 0.15) is 60.1 Å². The zero-order valence-corrected chi connectivity index (χ0v) is 15.5. The molecule has 0 saturated heterocycles. The van der Waals surface area contributed by atoms with Crippen molar-refractivity contribution in [3.8, 4) is 5.88 Å². The first-order valence-corrected chi connectivity index (χ1v) is 9.06. The van der Waals surface area contributed by atoms with Crippen molar-refractivity contribution < 1.29 is 14.6 Å². The van der Waals surface area contributed by atoms with Gasteiger partial charge >= 0.3 is 0 Å². The molecule has 1 aliphatic rings. The molecule has 1 heterocycles. The molecule has 5 nitrogen and oxygen atoms in total.